The van der Waals surface area contributed by atoms with Gasteiger partial charge in [-0.2, -0.15) is 0 Å². The van der Waals surface area contributed by atoms with Crippen LogP contribution in [0, 0.1) is 0 Å². The maximum atomic E-state index is 12.4. The van der Waals surface area contributed by atoms with Crippen molar-refractivity contribution in [1.29, 1.82) is 0 Å². The van der Waals surface area contributed by atoms with Gasteiger partial charge in [-0.15, -0.1) is 0 Å². The lowest BCUT2D eigenvalue weighted by Crippen LogP contribution is -2.23. The zero-order valence-corrected chi connectivity index (χ0v) is 15.4. The van der Waals surface area contributed by atoms with E-state index in [0.29, 0.717) is 10.0 Å². The van der Waals surface area contributed by atoms with Crippen LogP contribution in [0.25, 0.3) is 11.1 Å². The molecule has 0 aliphatic rings. The van der Waals surface area contributed by atoms with E-state index in [0.717, 1.165) is 16.7 Å². The van der Waals surface area contributed by atoms with Crippen LogP contribution < -0.4 is 4.72 Å². The van der Waals surface area contributed by atoms with Crippen LogP contribution in [0.4, 0.5) is 0 Å². The van der Waals surface area contributed by atoms with Crippen LogP contribution in [0.3, 0.4) is 0 Å². The van der Waals surface area contributed by atoms with Gasteiger partial charge in [0.25, 0.3) is 0 Å². The van der Waals surface area contributed by atoms with Gasteiger partial charge in [0.05, 0.1) is 14.9 Å². The van der Waals surface area contributed by atoms with Gasteiger partial charge in [-0.25, -0.2) is 13.1 Å². The molecule has 128 valence electrons. The van der Waals surface area contributed by atoms with Crippen molar-refractivity contribution in [1.82, 2.24) is 4.72 Å². The molecule has 0 fully saturated rings. The first kappa shape index (κ1) is 18.0. The maximum absolute atomic E-state index is 12.4. The van der Waals surface area contributed by atoms with Crippen molar-refractivity contribution in [3.05, 3.63) is 88.4 Å². The lowest BCUT2D eigenvalue weighted by molar-refractivity contribution is 0.581. The van der Waals surface area contributed by atoms with Gasteiger partial charge >= 0.3 is 0 Å². The highest BCUT2D eigenvalue weighted by Crippen LogP contribution is 2.23. The summed E-state index contributed by atoms with van der Waals surface area (Å²) in [5.41, 5.74) is 2.73. The van der Waals surface area contributed by atoms with Gasteiger partial charge < -0.3 is 0 Å². The minimum absolute atomic E-state index is 0.139. The molecule has 0 saturated carbocycles. The number of hydrogen-bond acceptors (Lipinski definition) is 2. The van der Waals surface area contributed by atoms with E-state index in [1.807, 2.05) is 30.3 Å². The monoisotopic (exact) mass is 391 g/mol. The van der Waals surface area contributed by atoms with E-state index in [9.17, 15) is 8.42 Å². The molecule has 0 saturated heterocycles. The Bertz CT molecular complexity index is 972. The molecule has 3 rings (SSSR count). The minimum Gasteiger partial charge on any atom is -0.207 e. The Labute approximate surface area is 157 Å². The van der Waals surface area contributed by atoms with Crippen LogP contribution in [0.5, 0.6) is 0 Å². The summed E-state index contributed by atoms with van der Waals surface area (Å²) in [4.78, 5) is 0.215. The highest BCUT2D eigenvalue weighted by molar-refractivity contribution is 7.89. The van der Waals surface area contributed by atoms with Gasteiger partial charge in [-0.1, -0.05) is 71.7 Å². The van der Waals surface area contributed by atoms with Crippen LogP contribution in [0.2, 0.25) is 10.0 Å². The summed E-state index contributed by atoms with van der Waals surface area (Å²) in [7, 11) is -3.61. The fourth-order valence-corrected chi connectivity index (χ4v) is 3.71. The summed E-state index contributed by atoms with van der Waals surface area (Å²) < 4.78 is 27.4. The second-order valence-electron chi connectivity index (χ2n) is 5.46. The molecule has 6 heteroatoms. The van der Waals surface area contributed by atoms with Crippen LogP contribution in [0.15, 0.2) is 77.7 Å². The van der Waals surface area contributed by atoms with Crippen molar-refractivity contribution in [3.8, 4) is 11.1 Å². The number of hydrogen-bond donors (Lipinski definition) is 1. The summed E-state index contributed by atoms with van der Waals surface area (Å²) in [6.45, 7) is 0.139. The predicted octanol–water partition coefficient (Wildman–Crippen LogP) is 5.14. The average molecular weight is 392 g/mol. The zero-order valence-electron chi connectivity index (χ0n) is 13.1. The molecule has 3 aromatic rings. The Balaban J connectivity index is 1.74. The predicted molar refractivity (Wildman–Crippen MR) is 102 cm³/mol. The van der Waals surface area contributed by atoms with Crippen molar-refractivity contribution in [3.63, 3.8) is 0 Å². The molecule has 0 aromatic heterocycles. The highest BCUT2D eigenvalue weighted by atomic mass is 35.5. The molecular weight excluding hydrogens is 377 g/mol. The molecule has 0 aliphatic heterocycles. The number of benzene rings is 3. The van der Waals surface area contributed by atoms with Gasteiger partial charge in [0.1, 0.15) is 0 Å². The molecule has 0 spiro atoms. The number of rotatable bonds is 5. The molecule has 0 aliphatic carbocycles. The summed E-state index contributed by atoms with van der Waals surface area (Å²) in [5.74, 6) is 0. The van der Waals surface area contributed by atoms with Crippen LogP contribution in [-0.4, -0.2) is 8.42 Å². The van der Waals surface area contributed by atoms with Gasteiger partial charge in [0, 0.05) is 6.54 Å². The topological polar surface area (TPSA) is 46.2 Å². The molecule has 0 radical (unpaired) electrons. The first-order valence-corrected chi connectivity index (χ1v) is 9.79. The lowest BCUT2D eigenvalue weighted by Gasteiger charge is -2.09. The van der Waals surface area contributed by atoms with E-state index in [4.69, 9.17) is 23.2 Å². The van der Waals surface area contributed by atoms with Gasteiger partial charge in [-0.3, -0.25) is 0 Å². The third-order valence-corrected chi connectivity index (χ3v) is 5.88. The molecule has 3 nitrogen and oxygen atoms in total. The van der Waals surface area contributed by atoms with E-state index in [-0.39, 0.29) is 11.4 Å². The van der Waals surface area contributed by atoms with Crippen molar-refractivity contribution in [2.75, 3.05) is 0 Å². The molecular formula is C19H15Cl2NO2S. The second-order valence-corrected chi connectivity index (χ2v) is 8.04. The molecule has 3 aromatic carbocycles. The van der Waals surface area contributed by atoms with E-state index in [1.54, 1.807) is 42.5 Å². The second kappa shape index (κ2) is 7.58. The van der Waals surface area contributed by atoms with Gasteiger partial charge in [0.15, 0.2) is 0 Å². The van der Waals surface area contributed by atoms with E-state index >= 15 is 0 Å². The minimum atomic E-state index is -3.61. The van der Waals surface area contributed by atoms with Crippen LogP contribution in [0.1, 0.15) is 5.56 Å². The normalized spacial score (nSPS) is 11.4. The van der Waals surface area contributed by atoms with Crippen LogP contribution in [-0.2, 0) is 16.6 Å². The first-order chi connectivity index (χ1) is 12.0. The summed E-state index contributed by atoms with van der Waals surface area (Å²) in [6, 6.07) is 21.6. The van der Waals surface area contributed by atoms with Crippen molar-refractivity contribution in [2.24, 2.45) is 0 Å². The summed E-state index contributed by atoms with van der Waals surface area (Å²) >= 11 is 11.8. The Hall–Kier alpha value is -1.85. The number of halogens is 2. The highest BCUT2D eigenvalue weighted by Gasteiger charge is 2.14. The lowest BCUT2D eigenvalue weighted by atomic mass is 10.1. The van der Waals surface area contributed by atoms with Crippen molar-refractivity contribution in [2.45, 2.75) is 11.4 Å². The first-order valence-electron chi connectivity index (χ1n) is 7.55. The van der Waals surface area contributed by atoms with Crippen LogP contribution >= 0.6 is 23.2 Å². The third kappa shape index (κ3) is 4.41. The Kier molecular flexibility index (Phi) is 5.45. The summed E-state index contributed by atoms with van der Waals surface area (Å²) in [6.07, 6.45) is 0. The Morgan fingerprint density at radius 2 is 1.40 bits per heavy atom. The average Bonchev–Trinajstić information content (AvgIpc) is 2.64. The van der Waals surface area contributed by atoms with Gasteiger partial charge in [0.2, 0.25) is 10.0 Å². The summed E-state index contributed by atoms with van der Waals surface area (Å²) in [5, 5.41) is 0.829. The standard InChI is InChI=1S/C19H15Cl2NO2S/c20-18-11-6-14(12-19(18)21)13-22-25(23,24)17-9-7-16(8-10-17)15-4-2-1-3-5-15/h1-12,22H,13H2. The van der Waals surface area contributed by atoms with E-state index in [2.05, 4.69) is 4.72 Å². The van der Waals surface area contributed by atoms with Gasteiger partial charge in [-0.05, 0) is 41.0 Å². The molecule has 0 heterocycles. The molecule has 0 amide bonds. The smallest absolute Gasteiger partial charge is 0.207 e. The quantitative estimate of drug-likeness (QED) is 0.654. The SMILES string of the molecule is O=S(=O)(NCc1ccc(Cl)c(Cl)c1)c1ccc(-c2ccccc2)cc1. The molecule has 0 bridgehead atoms. The fourth-order valence-electron chi connectivity index (χ4n) is 2.37. The molecule has 25 heavy (non-hydrogen) atoms. The molecule has 0 unspecified atom stereocenters. The number of nitrogens with one attached hydrogen (secondary N) is 1. The number of sulfonamides is 1. The van der Waals surface area contributed by atoms with E-state index < -0.39 is 10.0 Å². The third-order valence-electron chi connectivity index (χ3n) is 3.72. The maximum Gasteiger partial charge on any atom is 0.240 e. The zero-order chi connectivity index (χ0) is 17.9. The largest absolute Gasteiger partial charge is 0.240 e. The fraction of sp³-hybridized carbons (Fsp3) is 0.0526. The molecule has 1 N–H and O–H groups in total. The van der Waals surface area contributed by atoms with Crippen molar-refractivity contribution < 1.29 is 8.42 Å². The Morgan fingerprint density at radius 3 is 2.04 bits per heavy atom. The van der Waals surface area contributed by atoms with Crippen molar-refractivity contribution >= 4 is 33.2 Å². The molecule has 0 atom stereocenters. The van der Waals surface area contributed by atoms with E-state index in [1.165, 1.54) is 0 Å². The Morgan fingerprint density at radius 1 is 0.760 bits per heavy atom.